The Bertz CT molecular complexity index is 1200. The van der Waals surface area contributed by atoms with Crippen molar-refractivity contribution in [2.45, 2.75) is 70.4 Å². The molecule has 0 amide bonds. The van der Waals surface area contributed by atoms with Gasteiger partial charge in [-0.2, -0.15) is 4.98 Å². The Kier molecular flexibility index (Phi) is 5.70. The molecule has 3 aromatic heterocycles. The van der Waals surface area contributed by atoms with Crippen LogP contribution in [0.4, 0.5) is 5.95 Å². The van der Waals surface area contributed by atoms with Crippen LogP contribution in [0, 0.1) is 12.8 Å². The lowest BCUT2D eigenvalue weighted by molar-refractivity contribution is -0.143. The normalized spacial score (nSPS) is 21.3. The third-order valence-electron chi connectivity index (χ3n) is 6.85. The van der Waals surface area contributed by atoms with Crippen LogP contribution in [0.5, 0.6) is 5.75 Å². The van der Waals surface area contributed by atoms with Crippen LogP contribution in [0.25, 0.3) is 11.4 Å². The standard InChI is InChI=1S/C23H29N7O4/c1-13-18(33-15-6-4-5-14(11-15)20(31)32)8-7-16(25-13)19-17(30(3)29-27-19)12-24-22-26-21(34-28-22)23(2)9-10-23/h7-8,14-15H,4-6,9-12H2,1-3H3,(H,24,28)(H,31,32)/t14-,15-/m0/s1. The number of nitrogens with zero attached hydrogens (tertiary/aromatic N) is 6. The molecule has 3 heterocycles. The second kappa shape index (κ2) is 8.69. The number of carboxylic acids is 1. The van der Waals surface area contributed by atoms with E-state index in [2.05, 4.69) is 32.7 Å². The summed E-state index contributed by atoms with van der Waals surface area (Å²) in [5, 5.41) is 25.0. The smallest absolute Gasteiger partial charge is 0.306 e. The highest BCUT2D eigenvalue weighted by molar-refractivity contribution is 5.70. The number of anilines is 1. The highest BCUT2D eigenvalue weighted by atomic mass is 16.5. The van der Waals surface area contributed by atoms with Gasteiger partial charge in [0.05, 0.1) is 35.6 Å². The maximum Gasteiger partial charge on any atom is 0.306 e. The predicted octanol–water partition coefficient (Wildman–Crippen LogP) is 3.25. The van der Waals surface area contributed by atoms with Crippen molar-refractivity contribution >= 4 is 11.9 Å². The van der Waals surface area contributed by atoms with Gasteiger partial charge in [-0.25, -0.2) is 9.67 Å². The van der Waals surface area contributed by atoms with Crippen LogP contribution in [-0.2, 0) is 23.8 Å². The van der Waals surface area contributed by atoms with Crippen LogP contribution in [0.1, 0.15) is 62.7 Å². The van der Waals surface area contributed by atoms with Crippen molar-refractivity contribution in [1.82, 2.24) is 30.1 Å². The number of pyridine rings is 1. The Labute approximate surface area is 196 Å². The monoisotopic (exact) mass is 467 g/mol. The van der Waals surface area contributed by atoms with Gasteiger partial charge in [-0.3, -0.25) is 4.79 Å². The van der Waals surface area contributed by atoms with Gasteiger partial charge in [-0.05, 0) is 62.7 Å². The lowest BCUT2D eigenvalue weighted by atomic mass is 9.87. The van der Waals surface area contributed by atoms with E-state index >= 15 is 0 Å². The summed E-state index contributed by atoms with van der Waals surface area (Å²) in [5.41, 5.74) is 2.91. The van der Waals surface area contributed by atoms with Crippen molar-refractivity contribution in [3.63, 3.8) is 0 Å². The van der Waals surface area contributed by atoms with Crippen LogP contribution >= 0.6 is 0 Å². The van der Waals surface area contributed by atoms with E-state index in [1.54, 1.807) is 4.68 Å². The largest absolute Gasteiger partial charge is 0.489 e. The van der Waals surface area contributed by atoms with Crippen molar-refractivity contribution in [1.29, 1.82) is 0 Å². The molecule has 0 spiro atoms. The van der Waals surface area contributed by atoms with Crippen LogP contribution < -0.4 is 10.1 Å². The van der Waals surface area contributed by atoms with Crippen molar-refractivity contribution < 1.29 is 19.2 Å². The topological polar surface area (TPSA) is 141 Å². The lowest BCUT2D eigenvalue weighted by Gasteiger charge is -2.27. The molecule has 11 nitrogen and oxygen atoms in total. The molecule has 3 aromatic rings. The molecule has 2 fully saturated rings. The molecule has 34 heavy (non-hydrogen) atoms. The minimum atomic E-state index is -0.749. The van der Waals surface area contributed by atoms with E-state index in [9.17, 15) is 9.90 Å². The fourth-order valence-electron chi connectivity index (χ4n) is 4.34. The molecule has 0 bridgehead atoms. The summed E-state index contributed by atoms with van der Waals surface area (Å²) in [6.07, 6.45) is 4.94. The number of rotatable bonds is 8. The van der Waals surface area contributed by atoms with Gasteiger partial charge in [0.1, 0.15) is 11.4 Å². The van der Waals surface area contributed by atoms with E-state index < -0.39 is 5.97 Å². The summed E-state index contributed by atoms with van der Waals surface area (Å²) >= 11 is 0. The molecule has 180 valence electrons. The molecular weight excluding hydrogens is 438 g/mol. The first kappa shape index (κ1) is 22.3. The number of hydrogen-bond acceptors (Lipinski definition) is 9. The van der Waals surface area contributed by atoms with Crippen LogP contribution in [-0.4, -0.2) is 47.3 Å². The third kappa shape index (κ3) is 4.46. The molecule has 2 N–H and O–H groups in total. The SMILES string of the molecule is Cc1nc(-c2nnn(C)c2CNc2noc(C3(C)CC3)n2)ccc1O[C@H]1CCC[C@H](C(=O)O)C1. The van der Waals surface area contributed by atoms with Gasteiger partial charge in [0, 0.05) is 12.5 Å². The van der Waals surface area contributed by atoms with E-state index in [1.165, 1.54) is 0 Å². The first-order valence-electron chi connectivity index (χ1n) is 11.7. The number of carboxylic acid groups (broad SMARTS) is 1. The number of carbonyl (C=O) groups is 1. The molecule has 11 heteroatoms. The van der Waals surface area contributed by atoms with E-state index in [0.29, 0.717) is 48.4 Å². The number of aromatic nitrogens is 6. The van der Waals surface area contributed by atoms with Gasteiger partial charge in [-0.1, -0.05) is 12.1 Å². The molecule has 2 aliphatic carbocycles. The number of aliphatic carboxylic acids is 1. The maximum atomic E-state index is 11.3. The average molecular weight is 468 g/mol. The quantitative estimate of drug-likeness (QED) is 0.507. The average Bonchev–Trinajstić information content (AvgIpc) is 3.22. The summed E-state index contributed by atoms with van der Waals surface area (Å²) in [6.45, 7) is 4.41. The molecule has 0 aliphatic heterocycles. The molecule has 0 saturated heterocycles. The van der Waals surface area contributed by atoms with Gasteiger partial charge in [0.2, 0.25) is 5.89 Å². The molecule has 2 atom stereocenters. The first-order valence-corrected chi connectivity index (χ1v) is 11.7. The van der Waals surface area contributed by atoms with Gasteiger partial charge >= 0.3 is 5.97 Å². The fraction of sp³-hybridized carbons (Fsp3) is 0.565. The Hall–Kier alpha value is -3.50. The van der Waals surface area contributed by atoms with Gasteiger partial charge in [0.25, 0.3) is 5.95 Å². The Morgan fingerprint density at radius 1 is 1.32 bits per heavy atom. The Balaban J connectivity index is 1.28. The summed E-state index contributed by atoms with van der Waals surface area (Å²) < 4.78 is 13.2. The molecule has 0 radical (unpaired) electrons. The second-order valence-corrected chi connectivity index (χ2v) is 9.57. The molecule has 5 rings (SSSR count). The Morgan fingerprint density at radius 2 is 2.15 bits per heavy atom. The summed E-state index contributed by atoms with van der Waals surface area (Å²) in [6, 6.07) is 3.73. The summed E-state index contributed by atoms with van der Waals surface area (Å²) in [7, 11) is 1.83. The van der Waals surface area contributed by atoms with E-state index in [-0.39, 0.29) is 17.4 Å². The Morgan fingerprint density at radius 3 is 2.88 bits per heavy atom. The summed E-state index contributed by atoms with van der Waals surface area (Å²) in [5.74, 6) is 0.676. The van der Waals surface area contributed by atoms with Crippen LogP contribution in [0.2, 0.25) is 0 Å². The molecule has 2 aliphatic rings. The molecular formula is C23H29N7O4. The van der Waals surface area contributed by atoms with Crippen LogP contribution in [0.3, 0.4) is 0 Å². The van der Waals surface area contributed by atoms with E-state index in [4.69, 9.17) is 14.2 Å². The maximum absolute atomic E-state index is 11.3. The van der Waals surface area contributed by atoms with Crippen molar-refractivity contribution in [2.75, 3.05) is 5.32 Å². The van der Waals surface area contributed by atoms with Crippen molar-refractivity contribution in [2.24, 2.45) is 13.0 Å². The van der Waals surface area contributed by atoms with Crippen LogP contribution in [0.15, 0.2) is 16.7 Å². The van der Waals surface area contributed by atoms with E-state index in [1.807, 2.05) is 26.1 Å². The van der Waals surface area contributed by atoms with Crippen molar-refractivity contribution in [3.8, 4) is 17.1 Å². The number of ether oxygens (including phenoxy) is 1. The van der Waals surface area contributed by atoms with Gasteiger partial charge in [-0.15, -0.1) is 5.10 Å². The highest BCUT2D eigenvalue weighted by Crippen LogP contribution is 2.46. The zero-order valence-corrected chi connectivity index (χ0v) is 19.6. The number of aryl methyl sites for hydroxylation is 2. The lowest BCUT2D eigenvalue weighted by Crippen LogP contribution is -2.29. The molecule has 0 aromatic carbocycles. The third-order valence-corrected chi connectivity index (χ3v) is 6.85. The fourth-order valence-corrected chi connectivity index (χ4v) is 4.34. The predicted molar refractivity (Wildman–Crippen MR) is 121 cm³/mol. The first-order chi connectivity index (χ1) is 16.3. The van der Waals surface area contributed by atoms with E-state index in [0.717, 1.165) is 37.1 Å². The zero-order valence-electron chi connectivity index (χ0n) is 19.6. The molecule has 2 saturated carbocycles. The summed E-state index contributed by atoms with van der Waals surface area (Å²) in [4.78, 5) is 20.5. The number of nitrogens with one attached hydrogen (secondary N) is 1. The minimum Gasteiger partial charge on any atom is -0.489 e. The highest BCUT2D eigenvalue weighted by Gasteiger charge is 2.44. The zero-order chi connectivity index (χ0) is 23.9. The molecule has 0 unspecified atom stereocenters. The minimum absolute atomic E-state index is 0.0175. The van der Waals surface area contributed by atoms with Gasteiger partial charge < -0.3 is 19.7 Å². The van der Waals surface area contributed by atoms with Crippen molar-refractivity contribution in [3.05, 3.63) is 29.4 Å². The number of hydrogen-bond donors (Lipinski definition) is 2. The second-order valence-electron chi connectivity index (χ2n) is 9.57. The van der Waals surface area contributed by atoms with Gasteiger partial charge in [0.15, 0.2) is 0 Å².